The number of aryl methyl sites for hydroxylation is 1. The lowest BCUT2D eigenvalue weighted by molar-refractivity contribution is -0.0967. The van der Waals surface area contributed by atoms with Crippen molar-refractivity contribution >= 4 is 0 Å². The second-order valence-electron chi connectivity index (χ2n) is 6.57. The van der Waals surface area contributed by atoms with Crippen LogP contribution in [0.5, 0.6) is 11.5 Å². The van der Waals surface area contributed by atoms with Crippen molar-refractivity contribution in [3.63, 3.8) is 0 Å². The minimum atomic E-state index is -3.37. The van der Waals surface area contributed by atoms with Gasteiger partial charge in [0.1, 0.15) is 23.4 Å². The van der Waals surface area contributed by atoms with Crippen molar-refractivity contribution in [1.29, 1.82) is 5.26 Å². The van der Waals surface area contributed by atoms with Crippen molar-refractivity contribution in [3.05, 3.63) is 65.1 Å². The van der Waals surface area contributed by atoms with Crippen LogP contribution in [0.2, 0.25) is 0 Å². The lowest BCUT2D eigenvalue weighted by Gasteiger charge is -2.17. The summed E-state index contributed by atoms with van der Waals surface area (Å²) in [4.78, 5) is 0. The highest BCUT2D eigenvalue weighted by molar-refractivity contribution is 5.70. The Morgan fingerprint density at radius 2 is 2.07 bits per heavy atom. The molecule has 28 heavy (non-hydrogen) atoms. The molecule has 5 nitrogen and oxygen atoms in total. The van der Waals surface area contributed by atoms with Crippen LogP contribution in [0, 0.1) is 17.1 Å². The number of nitrogens with zero attached hydrogens (tertiary/aromatic N) is 3. The molecule has 1 atom stereocenters. The molecule has 0 spiro atoms. The second kappa shape index (κ2) is 6.39. The summed E-state index contributed by atoms with van der Waals surface area (Å²) in [6, 6.07) is 9.93. The van der Waals surface area contributed by atoms with Crippen LogP contribution in [0.15, 0.2) is 42.6 Å². The zero-order valence-electron chi connectivity index (χ0n) is 14.7. The summed E-state index contributed by atoms with van der Waals surface area (Å²) in [6.07, 6.45) is -1.19. The lowest BCUT2D eigenvalue weighted by Crippen LogP contribution is -2.21. The van der Waals surface area contributed by atoms with Crippen LogP contribution in [0.3, 0.4) is 0 Å². The summed E-state index contributed by atoms with van der Waals surface area (Å²) in [5, 5.41) is 23.3. The van der Waals surface area contributed by atoms with Gasteiger partial charge in [0, 0.05) is 42.4 Å². The summed E-state index contributed by atoms with van der Waals surface area (Å²) in [6.45, 7) is 0. The van der Waals surface area contributed by atoms with Gasteiger partial charge in [0.2, 0.25) is 0 Å². The molecule has 0 fully saturated rings. The Labute approximate surface area is 158 Å². The van der Waals surface area contributed by atoms with Gasteiger partial charge in [-0.3, -0.25) is 4.68 Å². The first-order chi connectivity index (χ1) is 13.3. The fourth-order valence-electron chi connectivity index (χ4n) is 3.45. The van der Waals surface area contributed by atoms with Crippen LogP contribution in [-0.2, 0) is 13.5 Å². The van der Waals surface area contributed by atoms with E-state index in [-0.39, 0.29) is 28.2 Å². The molecule has 0 saturated heterocycles. The molecule has 0 bridgehead atoms. The first kappa shape index (κ1) is 18.1. The Hall–Kier alpha value is -3.31. The zero-order valence-corrected chi connectivity index (χ0v) is 14.7. The largest absolute Gasteiger partial charge is 0.457 e. The van der Waals surface area contributed by atoms with Crippen molar-refractivity contribution in [2.45, 2.75) is 18.4 Å². The SMILES string of the molecule is Cn1nccc1-c1ccc(Oc2cc(F)cc(C#N)c2)c2c1[C@H](O)C(F)(F)C2. The molecule has 142 valence electrons. The van der Waals surface area contributed by atoms with E-state index in [9.17, 15) is 18.3 Å². The predicted molar refractivity (Wildman–Crippen MR) is 93.4 cm³/mol. The number of hydrogen-bond donors (Lipinski definition) is 1. The molecule has 0 saturated carbocycles. The maximum Gasteiger partial charge on any atom is 0.281 e. The fourth-order valence-corrected chi connectivity index (χ4v) is 3.45. The number of benzene rings is 2. The highest BCUT2D eigenvalue weighted by atomic mass is 19.3. The number of hydrogen-bond acceptors (Lipinski definition) is 4. The number of rotatable bonds is 3. The number of aliphatic hydroxyl groups excluding tert-OH is 1. The highest BCUT2D eigenvalue weighted by Crippen LogP contribution is 2.50. The standard InChI is InChI=1S/C20H14F3N3O2/c1-26-16(4-5-25-26)14-2-3-17(15-9-20(22,23)19(27)18(14)15)28-13-7-11(10-24)6-12(21)8-13/h2-8,19,27H,9H2,1H3/t19-/m0/s1. The Kier molecular flexibility index (Phi) is 4.12. The van der Waals surface area contributed by atoms with Crippen LogP contribution in [0.1, 0.15) is 22.8 Å². The van der Waals surface area contributed by atoms with E-state index in [0.29, 0.717) is 11.3 Å². The molecule has 1 N–H and O–H groups in total. The monoisotopic (exact) mass is 385 g/mol. The third-order valence-electron chi connectivity index (χ3n) is 4.73. The van der Waals surface area contributed by atoms with E-state index in [1.54, 1.807) is 19.2 Å². The van der Waals surface area contributed by atoms with Gasteiger partial charge in [-0.05, 0) is 30.3 Å². The third kappa shape index (κ3) is 2.90. The predicted octanol–water partition coefficient (Wildman–Crippen LogP) is 4.11. The third-order valence-corrected chi connectivity index (χ3v) is 4.73. The first-order valence-corrected chi connectivity index (χ1v) is 8.39. The Morgan fingerprint density at radius 3 is 2.75 bits per heavy atom. The molecular weight excluding hydrogens is 371 g/mol. The molecular formula is C20H14F3N3O2. The Balaban J connectivity index is 1.85. The topological polar surface area (TPSA) is 71.1 Å². The van der Waals surface area contributed by atoms with Crippen molar-refractivity contribution in [3.8, 4) is 28.8 Å². The number of halogens is 3. The van der Waals surface area contributed by atoms with Crippen LogP contribution < -0.4 is 4.74 Å². The van der Waals surface area contributed by atoms with Gasteiger partial charge in [-0.15, -0.1) is 0 Å². The molecule has 0 radical (unpaired) electrons. The summed E-state index contributed by atoms with van der Waals surface area (Å²) >= 11 is 0. The molecule has 0 unspecified atom stereocenters. The molecule has 0 amide bonds. The van der Waals surface area contributed by atoms with Crippen molar-refractivity contribution in [1.82, 2.24) is 9.78 Å². The summed E-state index contributed by atoms with van der Waals surface area (Å²) in [5.41, 5.74) is 1.23. The lowest BCUT2D eigenvalue weighted by atomic mass is 9.98. The van der Waals surface area contributed by atoms with Gasteiger partial charge in [0.05, 0.1) is 17.3 Å². The van der Waals surface area contributed by atoms with E-state index >= 15 is 0 Å². The van der Waals surface area contributed by atoms with E-state index in [1.807, 2.05) is 6.07 Å². The number of fused-ring (bicyclic) bond motifs is 1. The molecule has 1 aliphatic carbocycles. The average Bonchev–Trinajstić information content (AvgIpc) is 3.16. The maximum absolute atomic E-state index is 14.3. The maximum atomic E-state index is 14.3. The van der Waals surface area contributed by atoms with Crippen molar-refractivity contribution < 1.29 is 23.0 Å². The minimum absolute atomic E-state index is 0.0109. The van der Waals surface area contributed by atoms with Gasteiger partial charge in [0.15, 0.2) is 0 Å². The van der Waals surface area contributed by atoms with Crippen molar-refractivity contribution in [2.24, 2.45) is 7.05 Å². The molecule has 8 heteroatoms. The Morgan fingerprint density at radius 1 is 1.29 bits per heavy atom. The minimum Gasteiger partial charge on any atom is -0.457 e. The quantitative estimate of drug-likeness (QED) is 0.736. The van der Waals surface area contributed by atoms with Gasteiger partial charge in [-0.25, -0.2) is 13.2 Å². The Bertz CT molecular complexity index is 1120. The van der Waals surface area contributed by atoms with E-state index in [1.165, 1.54) is 23.0 Å². The summed E-state index contributed by atoms with van der Waals surface area (Å²) in [5.74, 6) is -3.96. The van der Waals surface area contributed by atoms with Gasteiger partial charge in [-0.2, -0.15) is 10.4 Å². The summed E-state index contributed by atoms with van der Waals surface area (Å²) < 4.78 is 49.5. The van der Waals surface area contributed by atoms with Gasteiger partial charge >= 0.3 is 0 Å². The van der Waals surface area contributed by atoms with Crippen molar-refractivity contribution in [2.75, 3.05) is 0 Å². The smallest absolute Gasteiger partial charge is 0.281 e. The molecule has 2 aromatic carbocycles. The molecule has 4 rings (SSSR count). The van der Waals surface area contributed by atoms with E-state index < -0.39 is 24.3 Å². The second-order valence-corrected chi connectivity index (χ2v) is 6.57. The number of aromatic nitrogens is 2. The van der Waals surface area contributed by atoms with E-state index in [0.717, 1.165) is 12.1 Å². The number of aliphatic hydroxyl groups is 1. The van der Waals surface area contributed by atoms with Crippen LogP contribution in [0.4, 0.5) is 13.2 Å². The van der Waals surface area contributed by atoms with Crippen LogP contribution in [0.25, 0.3) is 11.3 Å². The zero-order chi connectivity index (χ0) is 20.1. The van der Waals surface area contributed by atoms with Crippen LogP contribution in [-0.4, -0.2) is 20.8 Å². The van der Waals surface area contributed by atoms with Gasteiger partial charge in [-0.1, -0.05) is 0 Å². The van der Waals surface area contributed by atoms with E-state index in [2.05, 4.69) is 5.10 Å². The van der Waals surface area contributed by atoms with Gasteiger partial charge < -0.3 is 9.84 Å². The van der Waals surface area contributed by atoms with Gasteiger partial charge in [0.25, 0.3) is 5.92 Å². The average molecular weight is 385 g/mol. The molecule has 0 aliphatic heterocycles. The van der Waals surface area contributed by atoms with Crippen LogP contribution >= 0.6 is 0 Å². The number of nitriles is 1. The number of ether oxygens (including phenoxy) is 1. The van der Waals surface area contributed by atoms with E-state index in [4.69, 9.17) is 10.00 Å². The molecule has 3 aromatic rings. The summed E-state index contributed by atoms with van der Waals surface area (Å²) in [7, 11) is 1.67. The normalized spacial score (nSPS) is 17.2. The molecule has 1 aromatic heterocycles. The number of alkyl halides is 2. The molecule has 1 heterocycles. The fraction of sp³-hybridized carbons (Fsp3) is 0.200. The highest BCUT2D eigenvalue weighted by Gasteiger charge is 2.49. The molecule has 1 aliphatic rings. The first-order valence-electron chi connectivity index (χ1n) is 8.39.